The lowest BCUT2D eigenvalue weighted by Crippen LogP contribution is -2.13. The largest absolute Gasteiger partial charge is 0.293 e. The van der Waals surface area contributed by atoms with Crippen molar-refractivity contribution in [3.05, 3.63) is 58.6 Å². The minimum Gasteiger partial charge on any atom is -0.293 e. The molecule has 7 heteroatoms. The van der Waals surface area contributed by atoms with E-state index in [9.17, 15) is 13.6 Å². The molecule has 118 valence electrons. The molecule has 0 radical (unpaired) electrons. The summed E-state index contributed by atoms with van der Waals surface area (Å²) in [6.45, 7) is 1.72. The number of fused-ring (bicyclic) bond motifs is 1. The van der Waals surface area contributed by atoms with Crippen LogP contribution in [0.5, 0.6) is 0 Å². The summed E-state index contributed by atoms with van der Waals surface area (Å²) >= 11 is 8.68. The van der Waals surface area contributed by atoms with Crippen LogP contribution in [0.4, 0.5) is 8.78 Å². The highest BCUT2D eigenvalue weighted by atomic mass is 35.5. The zero-order chi connectivity index (χ0) is 16.6. The summed E-state index contributed by atoms with van der Waals surface area (Å²) < 4.78 is 27.9. The number of hydrogen-bond donors (Lipinski definition) is 0. The molecule has 0 aliphatic heterocycles. The van der Waals surface area contributed by atoms with Gasteiger partial charge in [0.15, 0.2) is 21.8 Å². The molecule has 0 saturated carbocycles. The predicted octanol–water partition coefficient (Wildman–Crippen LogP) is 5.59. The van der Waals surface area contributed by atoms with E-state index in [-0.39, 0.29) is 11.3 Å². The fourth-order valence-electron chi connectivity index (χ4n) is 2.02. The Bertz CT molecular complexity index is 897. The van der Waals surface area contributed by atoms with Gasteiger partial charge in [-0.05, 0) is 43.3 Å². The van der Waals surface area contributed by atoms with Crippen molar-refractivity contribution in [1.82, 2.24) is 4.98 Å². The first kappa shape index (κ1) is 16.4. The third-order valence-corrected chi connectivity index (χ3v) is 5.65. The number of aromatic nitrogens is 1. The van der Waals surface area contributed by atoms with E-state index in [0.29, 0.717) is 5.02 Å². The molecule has 0 aliphatic rings. The van der Waals surface area contributed by atoms with Gasteiger partial charge in [-0.3, -0.25) is 4.79 Å². The third kappa shape index (κ3) is 3.54. The van der Waals surface area contributed by atoms with Crippen molar-refractivity contribution in [3.8, 4) is 0 Å². The number of rotatable bonds is 4. The topological polar surface area (TPSA) is 30.0 Å². The molecule has 0 fully saturated rings. The van der Waals surface area contributed by atoms with Crippen LogP contribution in [0.1, 0.15) is 17.3 Å². The molecule has 1 aromatic heterocycles. The zero-order valence-corrected chi connectivity index (χ0v) is 14.2. The summed E-state index contributed by atoms with van der Waals surface area (Å²) in [6.07, 6.45) is 0. The first-order valence-electron chi connectivity index (χ1n) is 6.66. The maximum absolute atomic E-state index is 13.3. The highest BCUT2D eigenvalue weighted by Crippen LogP contribution is 2.34. The Morgan fingerprint density at radius 1 is 1.22 bits per heavy atom. The van der Waals surface area contributed by atoms with E-state index in [1.165, 1.54) is 29.2 Å². The Balaban J connectivity index is 1.80. The monoisotopic (exact) mass is 369 g/mol. The fourth-order valence-corrected chi connectivity index (χ4v) is 4.45. The Hall–Kier alpha value is -1.50. The molecule has 2 nitrogen and oxygen atoms in total. The van der Waals surface area contributed by atoms with Crippen LogP contribution in [-0.2, 0) is 0 Å². The third-order valence-electron chi connectivity index (χ3n) is 3.18. The summed E-state index contributed by atoms with van der Waals surface area (Å²) in [5, 5.41) is 0.140. The van der Waals surface area contributed by atoms with Gasteiger partial charge in [0.1, 0.15) is 0 Å². The molecule has 1 atom stereocenters. The number of ketones is 1. The van der Waals surface area contributed by atoms with Gasteiger partial charge in [-0.2, -0.15) is 0 Å². The molecule has 2 aromatic carbocycles. The minimum atomic E-state index is -1.03. The van der Waals surface area contributed by atoms with Crippen molar-refractivity contribution in [1.29, 1.82) is 0 Å². The minimum absolute atomic E-state index is 0.146. The summed E-state index contributed by atoms with van der Waals surface area (Å²) in [7, 11) is 0. The van der Waals surface area contributed by atoms with Gasteiger partial charge in [0.05, 0.1) is 15.5 Å². The van der Waals surface area contributed by atoms with E-state index >= 15 is 0 Å². The standard InChI is InChI=1S/C16H10ClF2NOS2/c1-8(15(21)9-2-4-11(18)12(19)6-9)22-16-20-13-7-10(17)3-5-14(13)23-16/h2-8H,1H3/t8-/m1/s1. The van der Waals surface area contributed by atoms with Gasteiger partial charge in [0.2, 0.25) is 0 Å². The average molecular weight is 370 g/mol. The van der Waals surface area contributed by atoms with Crippen LogP contribution >= 0.6 is 34.7 Å². The SMILES string of the molecule is C[C@@H](Sc1nc2cc(Cl)ccc2s1)C(=O)c1ccc(F)c(F)c1. The molecule has 0 unspecified atom stereocenters. The van der Waals surface area contributed by atoms with E-state index in [2.05, 4.69) is 4.98 Å². The van der Waals surface area contributed by atoms with Crippen molar-refractivity contribution in [2.45, 2.75) is 16.5 Å². The lowest BCUT2D eigenvalue weighted by Gasteiger charge is -2.08. The van der Waals surface area contributed by atoms with Crippen molar-refractivity contribution < 1.29 is 13.6 Å². The fraction of sp³-hybridized carbons (Fsp3) is 0.125. The maximum atomic E-state index is 13.3. The highest BCUT2D eigenvalue weighted by molar-refractivity contribution is 8.02. The lowest BCUT2D eigenvalue weighted by atomic mass is 10.1. The van der Waals surface area contributed by atoms with E-state index < -0.39 is 16.9 Å². The van der Waals surface area contributed by atoms with E-state index in [1.807, 2.05) is 6.07 Å². The van der Waals surface area contributed by atoms with Crippen molar-refractivity contribution in [2.75, 3.05) is 0 Å². The first-order valence-corrected chi connectivity index (χ1v) is 8.73. The van der Waals surface area contributed by atoms with Crippen molar-refractivity contribution in [3.63, 3.8) is 0 Å². The number of hydrogen-bond acceptors (Lipinski definition) is 4. The molecule has 3 aromatic rings. The molecule has 3 rings (SSSR count). The molecule has 23 heavy (non-hydrogen) atoms. The molecule has 0 N–H and O–H groups in total. The van der Waals surface area contributed by atoms with E-state index in [4.69, 9.17) is 11.6 Å². The zero-order valence-electron chi connectivity index (χ0n) is 11.8. The molecular weight excluding hydrogens is 360 g/mol. The van der Waals surface area contributed by atoms with Crippen LogP contribution in [0.15, 0.2) is 40.7 Å². The van der Waals surface area contributed by atoms with Crippen molar-refractivity contribution >= 4 is 50.7 Å². The normalized spacial score (nSPS) is 12.5. The number of thiazole rings is 1. The number of carbonyl (C=O) groups excluding carboxylic acids is 1. The van der Waals surface area contributed by atoms with Crippen LogP contribution in [0, 0.1) is 11.6 Å². The predicted molar refractivity (Wildman–Crippen MR) is 90.6 cm³/mol. The van der Waals surface area contributed by atoms with Crippen LogP contribution in [0.3, 0.4) is 0 Å². The van der Waals surface area contributed by atoms with Gasteiger partial charge in [0.25, 0.3) is 0 Å². The van der Waals surface area contributed by atoms with Crippen LogP contribution < -0.4 is 0 Å². The van der Waals surface area contributed by atoms with Crippen LogP contribution in [-0.4, -0.2) is 16.0 Å². The Morgan fingerprint density at radius 2 is 2.00 bits per heavy atom. The molecule has 0 spiro atoms. The van der Waals surface area contributed by atoms with Crippen molar-refractivity contribution in [2.24, 2.45) is 0 Å². The molecule has 0 saturated heterocycles. The Kier molecular flexibility index (Phi) is 4.66. The molecule has 0 bridgehead atoms. The molecule has 1 heterocycles. The number of halogens is 3. The second kappa shape index (κ2) is 6.55. The quantitative estimate of drug-likeness (QED) is 0.443. The Labute approximate surface area is 144 Å². The lowest BCUT2D eigenvalue weighted by molar-refractivity contribution is 0.0993. The Morgan fingerprint density at radius 3 is 2.74 bits per heavy atom. The first-order chi connectivity index (χ1) is 10.9. The van der Waals surface area contributed by atoms with Gasteiger partial charge in [-0.15, -0.1) is 11.3 Å². The van der Waals surface area contributed by atoms with Crippen LogP contribution in [0.25, 0.3) is 10.2 Å². The highest BCUT2D eigenvalue weighted by Gasteiger charge is 2.20. The number of carbonyl (C=O) groups is 1. The second-order valence-electron chi connectivity index (χ2n) is 4.85. The average Bonchev–Trinajstić information content (AvgIpc) is 2.90. The summed E-state index contributed by atoms with van der Waals surface area (Å²) in [5.41, 5.74) is 0.922. The smallest absolute Gasteiger partial charge is 0.176 e. The van der Waals surface area contributed by atoms with Gasteiger partial charge in [0, 0.05) is 10.6 Å². The molecular formula is C16H10ClF2NOS2. The maximum Gasteiger partial charge on any atom is 0.176 e. The molecule has 0 amide bonds. The van der Waals surface area contributed by atoms with Gasteiger partial charge >= 0.3 is 0 Å². The van der Waals surface area contributed by atoms with Gasteiger partial charge < -0.3 is 0 Å². The van der Waals surface area contributed by atoms with Gasteiger partial charge in [-0.25, -0.2) is 13.8 Å². The van der Waals surface area contributed by atoms with E-state index in [0.717, 1.165) is 26.7 Å². The van der Waals surface area contributed by atoms with Gasteiger partial charge in [-0.1, -0.05) is 23.4 Å². The molecule has 0 aliphatic carbocycles. The summed E-state index contributed by atoms with van der Waals surface area (Å²) in [6, 6.07) is 8.59. The summed E-state index contributed by atoms with van der Waals surface area (Å²) in [4.78, 5) is 16.8. The summed E-state index contributed by atoms with van der Waals surface area (Å²) in [5.74, 6) is -2.27. The number of Topliss-reactive ketones (excluding diaryl/α,β-unsaturated/α-hetero) is 1. The number of benzene rings is 2. The van der Waals surface area contributed by atoms with Crippen LogP contribution in [0.2, 0.25) is 5.02 Å². The number of nitrogens with zero attached hydrogens (tertiary/aromatic N) is 1. The number of thioether (sulfide) groups is 1. The van der Waals surface area contributed by atoms with E-state index in [1.54, 1.807) is 19.1 Å². The second-order valence-corrected chi connectivity index (χ2v) is 7.90.